The van der Waals surface area contributed by atoms with Crippen LogP contribution in [0.5, 0.6) is 0 Å². The molecule has 3 aromatic heterocycles. The second-order valence-electron chi connectivity index (χ2n) is 12.0. The number of benzene rings is 5. The van der Waals surface area contributed by atoms with Crippen LogP contribution in [0.25, 0.3) is 66.9 Å². The summed E-state index contributed by atoms with van der Waals surface area (Å²) in [5.74, 6) is 0. The van der Waals surface area contributed by atoms with Crippen molar-refractivity contribution < 1.29 is 0 Å². The van der Waals surface area contributed by atoms with Gasteiger partial charge in [-0.2, -0.15) is 0 Å². The number of nitrogens with two attached hydrogens (primary N) is 1. The van der Waals surface area contributed by atoms with Crippen LogP contribution in [-0.2, 0) is 6.42 Å². The van der Waals surface area contributed by atoms with E-state index in [1.54, 1.807) is 6.08 Å². The Morgan fingerprint density at radius 3 is 1.71 bits per heavy atom. The molecule has 0 atom stereocenters. The van der Waals surface area contributed by atoms with E-state index in [2.05, 4.69) is 168 Å². The molecule has 0 unspecified atom stereocenters. The smallest absolute Gasteiger partial charge is 0.0800 e. The molecule has 8 rings (SSSR count). The highest BCUT2D eigenvalue weighted by atomic mass is 15.1. The highest BCUT2D eigenvalue weighted by Crippen LogP contribution is 2.46. The van der Waals surface area contributed by atoms with Gasteiger partial charge >= 0.3 is 0 Å². The van der Waals surface area contributed by atoms with Gasteiger partial charge in [0.25, 0.3) is 0 Å². The van der Waals surface area contributed by atoms with Crippen molar-refractivity contribution in [1.82, 2.24) is 13.7 Å². The number of nitrogens with zero attached hydrogens (tertiary/aromatic N) is 3. The maximum atomic E-state index is 6.31. The molecule has 0 fully saturated rings. The highest BCUT2D eigenvalue weighted by molar-refractivity contribution is 6.14. The number of fused-ring (bicyclic) bond motifs is 4. The molecule has 0 aliphatic carbocycles. The van der Waals surface area contributed by atoms with Crippen molar-refractivity contribution in [2.24, 2.45) is 5.73 Å². The van der Waals surface area contributed by atoms with Crippen molar-refractivity contribution in [3.63, 3.8) is 0 Å². The largest absolute Gasteiger partial charge is 0.398 e. The predicted octanol–water partition coefficient (Wildman–Crippen LogP) is 11.6. The quantitative estimate of drug-likeness (QED) is 0.173. The van der Waals surface area contributed by atoms with Crippen LogP contribution >= 0.6 is 0 Å². The average molecular weight is 639 g/mol. The van der Waals surface area contributed by atoms with Crippen LogP contribution in [0.15, 0.2) is 152 Å². The number of aryl methyl sites for hydroxylation is 1. The molecule has 0 aliphatic rings. The first-order valence-corrected chi connectivity index (χ1v) is 17.2. The van der Waals surface area contributed by atoms with E-state index in [-0.39, 0.29) is 0 Å². The van der Waals surface area contributed by atoms with Crippen molar-refractivity contribution >= 4 is 38.5 Å². The monoisotopic (exact) mass is 638 g/mol. The number of para-hydroxylation sites is 4. The van der Waals surface area contributed by atoms with Gasteiger partial charge in [-0.1, -0.05) is 118 Å². The Labute approximate surface area is 288 Å². The van der Waals surface area contributed by atoms with Gasteiger partial charge in [-0.25, -0.2) is 0 Å². The average Bonchev–Trinajstić information content (AvgIpc) is 3.78. The summed E-state index contributed by atoms with van der Waals surface area (Å²) < 4.78 is 7.37. The third kappa shape index (κ3) is 5.08. The molecule has 242 valence electrons. The van der Waals surface area contributed by atoms with Crippen LogP contribution < -0.4 is 5.73 Å². The molecule has 0 saturated heterocycles. The summed E-state index contributed by atoms with van der Waals surface area (Å²) in [7, 11) is 0. The van der Waals surface area contributed by atoms with Crippen molar-refractivity contribution in [1.29, 1.82) is 0 Å². The molecule has 0 saturated carbocycles. The van der Waals surface area contributed by atoms with E-state index in [0.29, 0.717) is 5.70 Å². The van der Waals surface area contributed by atoms with Crippen molar-refractivity contribution in [2.45, 2.75) is 34.1 Å². The second kappa shape index (κ2) is 13.2. The van der Waals surface area contributed by atoms with Crippen LogP contribution in [0.2, 0.25) is 0 Å². The third-order valence-corrected chi connectivity index (χ3v) is 9.34. The molecule has 0 amide bonds. The molecule has 2 N–H and O–H groups in total. The zero-order chi connectivity index (χ0) is 34.1. The summed E-state index contributed by atoms with van der Waals surface area (Å²) in [4.78, 5) is 0. The molecule has 0 radical (unpaired) electrons. The molecule has 8 aromatic rings. The van der Waals surface area contributed by atoms with E-state index in [9.17, 15) is 0 Å². The van der Waals surface area contributed by atoms with E-state index in [4.69, 9.17) is 5.73 Å². The number of aromatic nitrogens is 3. The lowest BCUT2D eigenvalue weighted by Gasteiger charge is -2.16. The predicted molar refractivity (Wildman–Crippen MR) is 210 cm³/mol. The van der Waals surface area contributed by atoms with Crippen molar-refractivity contribution in [3.8, 4) is 28.3 Å². The zero-order valence-electron chi connectivity index (χ0n) is 28.7. The fourth-order valence-corrected chi connectivity index (χ4v) is 7.38. The summed E-state index contributed by atoms with van der Waals surface area (Å²) in [6.07, 6.45) is 4.42. The van der Waals surface area contributed by atoms with Crippen LogP contribution in [-0.4, -0.2) is 13.7 Å². The van der Waals surface area contributed by atoms with Crippen LogP contribution in [0.1, 0.15) is 37.6 Å². The van der Waals surface area contributed by atoms with Crippen LogP contribution in [0.4, 0.5) is 0 Å². The standard InChI is InChI=1S/C43H36N4.C2H6/c1-4-16-36(44)30-25-27-33(28-26-30)45-37(5-2)40(34-21-12-14-23-38(34)45)41-29(3)42-43(47(41)32-19-10-7-11-20-32)35-22-13-15-24-39(35)46(42)31-17-8-6-9-18-31;1-2/h4,6-28H,1,5,44H2,2-3H3;1-2H3/b36-16-;. The van der Waals surface area contributed by atoms with Gasteiger partial charge in [0.1, 0.15) is 0 Å². The molecular weight excluding hydrogens is 597 g/mol. The Hall–Kier alpha value is -6.00. The third-order valence-electron chi connectivity index (χ3n) is 9.34. The van der Waals surface area contributed by atoms with Gasteiger partial charge in [-0.05, 0) is 79.1 Å². The fraction of sp³-hybridized carbons (Fsp3) is 0.111. The number of allylic oxidation sites excluding steroid dienone is 2. The molecule has 0 bridgehead atoms. The van der Waals surface area contributed by atoms with Gasteiger partial charge in [0.15, 0.2) is 0 Å². The van der Waals surface area contributed by atoms with Gasteiger partial charge < -0.3 is 19.4 Å². The lowest BCUT2D eigenvalue weighted by atomic mass is 10.0. The lowest BCUT2D eigenvalue weighted by Crippen LogP contribution is -2.03. The summed E-state index contributed by atoms with van der Waals surface area (Å²) in [6.45, 7) is 12.4. The topological polar surface area (TPSA) is 40.8 Å². The summed E-state index contributed by atoms with van der Waals surface area (Å²) >= 11 is 0. The van der Waals surface area contributed by atoms with Gasteiger partial charge in [0.05, 0.1) is 27.8 Å². The Morgan fingerprint density at radius 2 is 1.12 bits per heavy atom. The van der Waals surface area contributed by atoms with Gasteiger partial charge in [-0.15, -0.1) is 0 Å². The van der Waals surface area contributed by atoms with E-state index in [1.165, 1.54) is 55.4 Å². The molecule has 5 aromatic carbocycles. The minimum atomic E-state index is 0.703. The molecule has 49 heavy (non-hydrogen) atoms. The zero-order valence-corrected chi connectivity index (χ0v) is 28.7. The Bertz CT molecular complexity index is 2450. The Morgan fingerprint density at radius 1 is 0.612 bits per heavy atom. The maximum absolute atomic E-state index is 6.31. The van der Waals surface area contributed by atoms with Gasteiger partial charge in [0, 0.05) is 44.8 Å². The lowest BCUT2D eigenvalue weighted by molar-refractivity contribution is 0.958. The van der Waals surface area contributed by atoms with Crippen LogP contribution in [0, 0.1) is 6.92 Å². The fourth-order valence-electron chi connectivity index (χ4n) is 7.38. The van der Waals surface area contributed by atoms with E-state index in [1.807, 2.05) is 19.9 Å². The summed E-state index contributed by atoms with van der Waals surface area (Å²) in [5, 5.41) is 2.46. The number of hydrogen-bond donors (Lipinski definition) is 1. The minimum Gasteiger partial charge on any atom is -0.398 e. The first-order valence-electron chi connectivity index (χ1n) is 17.2. The van der Waals surface area contributed by atoms with Crippen molar-refractivity contribution in [2.75, 3.05) is 0 Å². The molecule has 0 spiro atoms. The van der Waals surface area contributed by atoms with E-state index in [0.717, 1.165) is 29.0 Å². The van der Waals surface area contributed by atoms with Crippen molar-refractivity contribution in [3.05, 3.63) is 169 Å². The SMILES string of the molecule is C=C/C=C(\N)c1ccc(-n2c(CC)c(-c3c(C)c4c(c5ccccc5n4-c4ccccc4)n3-c3ccccc3)c3ccccc32)cc1.CC. The summed E-state index contributed by atoms with van der Waals surface area (Å²) in [5.41, 5.74) is 21.2. The maximum Gasteiger partial charge on any atom is 0.0800 e. The second-order valence-corrected chi connectivity index (χ2v) is 12.0. The van der Waals surface area contributed by atoms with Gasteiger partial charge in [-0.3, -0.25) is 0 Å². The van der Waals surface area contributed by atoms with Gasteiger partial charge in [0.2, 0.25) is 0 Å². The number of hydrogen-bond acceptors (Lipinski definition) is 1. The van der Waals surface area contributed by atoms with E-state index >= 15 is 0 Å². The molecular formula is C45H42N4. The van der Waals surface area contributed by atoms with E-state index < -0.39 is 0 Å². The molecule has 4 heteroatoms. The molecule has 0 aliphatic heterocycles. The molecule has 3 heterocycles. The normalized spacial score (nSPS) is 11.6. The minimum absolute atomic E-state index is 0.703. The first-order chi connectivity index (χ1) is 24.1. The summed E-state index contributed by atoms with van der Waals surface area (Å²) in [6, 6.07) is 47.7. The van der Waals surface area contributed by atoms with Crippen LogP contribution in [0.3, 0.4) is 0 Å². The first kappa shape index (κ1) is 31.6. The number of rotatable bonds is 7. The Kier molecular flexibility index (Phi) is 8.54. The Balaban J connectivity index is 0.00000186. The highest BCUT2D eigenvalue weighted by Gasteiger charge is 2.29. The molecule has 4 nitrogen and oxygen atoms in total.